The monoisotopic (exact) mass is 329 g/mol. The highest BCUT2D eigenvalue weighted by Gasteiger charge is 2.41. The lowest BCUT2D eigenvalue weighted by Crippen LogP contribution is -2.41. The molecule has 6 heteroatoms. The predicted molar refractivity (Wildman–Crippen MR) is 87.3 cm³/mol. The van der Waals surface area contributed by atoms with Crippen LogP contribution in [0.1, 0.15) is 60.3 Å². The minimum absolute atomic E-state index is 0.0697. The van der Waals surface area contributed by atoms with Gasteiger partial charge in [0.1, 0.15) is 12.2 Å². The Kier molecular flexibility index (Phi) is 7.32. The normalized spacial score (nSPS) is 21.3. The maximum absolute atomic E-state index is 12.1. The number of likely N-dealkylation sites (tertiary alicyclic amines) is 1. The van der Waals surface area contributed by atoms with Gasteiger partial charge in [0.2, 0.25) is 0 Å². The molecule has 0 N–H and O–H groups in total. The van der Waals surface area contributed by atoms with Gasteiger partial charge in [-0.15, -0.1) is 0 Å². The van der Waals surface area contributed by atoms with Gasteiger partial charge in [-0.2, -0.15) is 0 Å². The van der Waals surface area contributed by atoms with Gasteiger partial charge < -0.3 is 19.1 Å². The smallest absolute Gasteiger partial charge is 0.410 e. The lowest BCUT2D eigenvalue weighted by molar-refractivity contribution is -0.156. The van der Waals surface area contributed by atoms with Gasteiger partial charge in [0.05, 0.1) is 18.8 Å². The second-order valence-corrected chi connectivity index (χ2v) is 7.05. The second-order valence-electron chi connectivity index (χ2n) is 7.05. The first-order valence-corrected chi connectivity index (χ1v) is 8.49. The number of hydrogen-bond acceptors (Lipinski definition) is 5. The minimum atomic E-state index is -0.515. The molecule has 1 saturated heterocycles. The number of unbranched alkanes of at least 4 members (excludes halogenated alkanes) is 1. The summed E-state index contributed by atoms with van der Waals surface area (Å²) >= 11 is 0. The highest BCUT2D eigenvalue weighted by molar-refractivity contribution is 5.71. The molecule has 0 aromatic carbocycles. The highest BCUT2D eigenvalue weighted by atomic mass is 16.6. The summed E-state index contributed by atoms with van der Waals surface area (Å²) in [6, 6.07) is 0. The van der Waals surface area contributed by atoms with Gasteiger partial charge >= 0.3 is 12.1 Å². The Morgan fingerprint density at radius 3 is 2.48 bits per heavy atom. The van der Waals surface area contributed by atoms with E-state index in [-0.39, 0.29) is 18.7 Å². The molecule has 0 aromatic heterocycles. The third kappa shape index (κ3) is 6.77. The van der Waals surface area contributed by atoms with Crippen molar-refractivity contribution in [1.82, 2.24) is 4.90 Å². The van der Waals surface area contributed by atoms with Crippen LogP contribution in [0.4, 0.5) is 4.79 Å². The first kappa shape index (κ1) is 19.7. The van der Waals surface area contributed by atoms with Crippen LogP contribution in [0.2, 0.25) is 0 Å². The van der Waals surface area contributed by atoms with Crippen molar-refractivity contribution >= 4 is 12.1 Å². The number of nitrogens with zero attached hydrogens (tertiary/aromatic N) is 1. The van der Waals surface area contributed by atoms with E-state index in [4.69, 9.17) is 14.2 Å². The molecule has 0 radical (unpaired) electrons. The van der Waals surface area contributed by atoms with E-state index in [1.165, 1.54) is 0 Å². The predicted octanol–water partition coefficient (Wildman–Crippen LogP) is 3.14. The molecule has 0 aliphatic carbocycles. The standard InChI is InChI=1S/C17H31NO5/c1-6-8-11-21-14(19)12-22-17(7-2)9-10-18(13-17)15(20)23-16(3,4)5/h6-13H2,1-5H3. The van der Waals surface area contributed by atoms with Gasteiger partial charge in [0.25, 0.3) is 0 Å². The van der Waals surface area contributed by atoms with Crippen LogP contribution in [-0.4, -0.2) is 54.5 Å². The molecule has 1 atom stereocenters. The van der Waals surface area contributed by atoms with Crippen LogP contribution < -0.4 is 0 Å². The summed E-state index contributed by atoms with van der Waals surface area (Å²) in [5.41, 5.74) is -1.00. The third-order valence-corrected chi connectivity index (χ3v) is 3.87. The lowest BCUT2D eigenvalue weighted by Gasteiger charge is -2.29. The molecule has 1 unspecified atom stereocenters. The molecule has 1 fully saturated rings. The molecule has 0 spiro atoms. The van der Waals surface area contributed by atoms with E-state index in [0.29, 0.717) is 26.1 Å². The number of esters is 1. The Morgan fingerprint density at radius 1 is 1.22 bits per heavy atom. The number of carbonyl (C=O) groups is 2. The molecule has 0 saturated carbocycles. The first-order chi connectivity index (χ1) is 10.7. The average Bonchev–Trinajstić information content (AvgIpc) is 2.89. The summed E-state index contributed by atoms with van der Waals surface area (Å²) in [5, 5.41) is 0. The Morgan fingerprint density at radius 2 is 1.91 bits per heavy atom. The minimum Gasteiger partial charge on any atom is -0.464 e. The third-order valence-electron chi connectivity index (χ3n) is 3.87. The van der Waals surface area contributed by atoms with Crippen LogP contribution in [0, 0.1) is 0 Å². The van der Waals surface area contributed by atoms with Crippen molar-refractivity contribution in [3.63, 3.8) is 0 Å². The van der Waals surface area contributed by atoms with E-state index < -0.39 is 11.2 Å². The van der Waals surface area contributed by atoms with E-state index in [1.807, 2.05) is 34.6 Å². The van der Waals surface area contributed by atoms with E-state index in [0.717, 1.165) is 19.3 Å². The summed E-state index contributed by atoms with van der Waals surface area (Å²) in [4.78, 5) is 25.5. The summed E-state index contributed by atoms with van der Waals surface area (Å²) < 4.78 is 16.3. The van der Waals surface area contributed by atoms with Gasteiger partial charge in [0.15, 0.2) is 0 Å². The summed E-state index contributed by atoms with van der Waals surface area (Å²) in [7, 11) is 0. The van der Waals surface area contributed by atoms with Crippen molar-refractivity contribution in [2.24, 2.45) is 0 Å². The topological polar surface area (TPSA) is 65.1 Å². The number of ether oxygens (including phenoxy) is 3. The fraction of sp³-hybridized carbons (Fsp3) is 0.882. The zero-order chi connectivity index (χ0) is 17.5. The Hall–Kier alpha value is -1.30. The van der Waals surface area contributed by atoms with Crippen molar-refractivity contribution in [3.05, 3.63) is 0 Å². The van der Waals surface area contributed by atoms with Crippen LogP contribution in [0.15, 0.2) is 0 Å². The number of hydrogen-bond donors (Lipinski definition) is 0. The van der Waals surface area contributed by atoms with E-state index in [9.17, 15) is 9.59 Å². The van der Waals surface area contributed by atoms with Gasteiger partial charge in [-0.3, -0.25) is 0 Å². The Bertz CT molecular complexity index is 404. The molecule has 1 rings (SSSR count). The van der Waals surface area contributed by atoms with Gasteiger partial charge in [0, 0.05) is 6.54 Å². The zero-order valence-electron chi connectivity index (χ0n) is 15.1. The number of amides is 1. The maximum atomic E-state index is 12.1. The lowest BCUT2D eigenvalue weighted by atomic mass is 10.00. The molecule has 0 bridgehead atoms. The largest absolute Gasteiger partial charge is 0.464 e. The first-order valence-electron chi connectivity index (χ1n) is 8.49. The second kappa shape index (κ2) is 8.52. The molecule has 6 nitrogen and oxygen atoms in total. The number of carbonyl (C=O) groups excluding carboxylic acids is 2. The zero-order valence-corrected chi connectivity index (χ0v) is 15.1. The van der Waals surface area contributed by atoms with Gasteiger partial charge in [-0.25, -0.2) is 9.59 Å². The maximum Gasteiger partial charge on any atom is 0.410 e. The molecular weight excluding hydrogens is 298 g/mol. The van der Waals surface area contributed by atoms with Crippen LogP contribution in [0.5, 0.6) is 0 Å². The van der Waals surface area contributed by atoms with Crippen LogP contribution >= 0.6 is 0 Å². The molecule has 1 heterocycles. The molecule has 1 aliphatic rings. The quantitative estimate of drug-likeness (QED) is 0.530. The summed E-state index contributed by atoms with van der Waals surface area (Å²) in [5.74, 6) is -0.345. The average molecular weight is 329 g/mol. The summed E-state index contributed by atoms with van der Waals surface area (Å²) in [6.45, 7) is 11.0. The van der Waals surface area contributed by atoms with Crippen LogP contribution in [0.3, 0.4) is 0 Å². The van der Waals surface area contributed by atoms with Crippen molar-refractivity contribution in [1.29, 1.82) is 0 Å². The van der Waals surface area contributed by atoms with Crippen molar-refractivity contribution < 1.29 is 23.8 Å². The Balaban J connectivity index is 2.47. The number of rotatable bonds is 7. The van der Waals surface area contributed by atoms with Crippen molar-refractivity contribution in [3.8, 4) is 0 Å². The van der Waals surface area contributed by atoms with Gasteiger partial charge in [-0.1, -0.05) is 20.3 Å². The van der Waals surface area contributed by atoms with E-state index >= 15 is 0 Å². The van der Waals surface area contributed by atoms with Gasteiger partial charge in [-0.05, 0) is 40.0 Å². The van der Waals surface area contributed by atoms with Crippen LogP contribution in [0.25, 0.3) is 0 Å². The molecule has 134 valence electrons. The van der Waals surface area contributed by atoms with E-state index in [1.54, 1.807) is 4.90 Å². The van der Waals surface area contributed by atoms with Crippen LogP contribution in [-0.2, 0) is 19.0 Å². The van der Waals surface area contributed by atoms with Crippen molar-refractivity contribution in [2.45, 2.75) is 71.5 Å². The fourth-order valence-electron chi connectivity index (χ4n) is 2.42. The molecule has 1 amide bonds. The molecular formula is C17H31NO5. The Labute approximate surface area is 139 Å². The fourth-order valence-corrected chi connectivity index (χ4v) is 2.42. The SMILES string of the molecule is CCCCOC(=O)COC1(CC)CCN(C(=O)OC(C)(C)C)C1. The highest BCUT2D eigenvalue weighted by Crippen LogP contribution is 2.29. The summed E-state index contributed by atoms with van der Waals surface area (Å²) in [6.07, 6.45) is 2.94. The molecule has 1 aliphatic heterocycles. The molecule has 23 heavy (non-hydrogen) atoms. The van der Waals surface area contributed by atoms with Crippen molar-refractivity contribution in [2.75, 3.05) is 26.3 Å². The van der Waals surface area contributed by atoms with E-state index in [2.05, 4.69) is 0 Å². The molecule has 0 aromatic rings.